The molecule has 0 aromatic carbocycles. The molecule has 0 aromatic rings. The zero-order valence-corrected chi connectivity index (χ0v) is 24.6. The lowest BCUT2D eigenvalue weighted by atomic mass is 9.76. The van der Waals surface area contributed by atoms with Gasteiger partial charge in [-0.15, -0.1) is 0 Å². The first-order valence-corrected chi connectivity index (χ1v) is 13.9. The first-order valence-electron chi connectivity index (χ1n) is 13.9. The van der Waals surface area contributed by atoms with Crippen LogP contribution in [0.25, 0.3) is 0 Å². The fourth-order valence-corrected chi connectivity index (χ4v) is 7.70. The summed E-state index contributed by atoms with van der Waals surface area (Å²) in [4.78, 5) is 29.8. The molecule has 0 aliphatic carbocycles. The number of piperidine rings is 2. The molecule has 4 aliphatic heterocycles. The van der Waals surface area contributed by atoms with Gasteiger partial charge in [0.05, 0.1) is 39.5 Å². The zero-order chi connectivity index (χ0) is 28.0. The summed E-state index contributed by atoms with van der Waals surface area (Å²) >= 11 is 0. The van der Waals surface area contributed by atoms with E-state index >= 15 is 0 Å². The third-order valence-electron chi connectivity index (χ3n) is 8.54. The van der Waals surface area contributed by atoms with Gasteiger partial charge in [0.2, 0.25) is 0 Å². The van der Waals surface area contributed by atoms with Crippen molar-refractivity contribution in [2.24, 2.45) is 0 Å². The number of carbonyl (C=O) groups excluding carboxylic acids is 2. The highest BCUT2D eigenvalue weighted by Gasteiger charge is 2.57. The first-order chi connectivity index (χ1) is 17.5. The van der Waals surface area contributed by atoms with Crippen molar-refractivity contribution in [1.82, 2.24) is 9.80 Å². The maximum absolute atomic E-state index is 12.8. The van der Waals surface area contributed by atoms with Crippen molar-refractivity contribution in [3.8, 4) is 0 Å². The fourth-order valence-electron chi connectivity index (χ4n) is 7.70. The van der Waals surface area contributed by atoms with Crippen molar-refractivity contribution >= 4 is 11.9 Å². The van der Waals surface area contributed by atoms with Crippen LogP contribution >= 0.6 is 0 Å². The highest BCUT2D eigenvalue weighted by molar-refractivity contribution is 5.73. The van der Waals surface area contributed by atoms with Gasteiger partial charge < -0.3 is 28.4 Å². The van der Waals surface area contributed by atoms with E-state index < -0.39 is 11.6 Å². The number of ether oxygens (including phenoxy) is 6. The van der Waals surface area contributed by atoms with Crippen LogP contribution in [0.15, 0.2) is 0 Å². The summed E-state index contributed by atoms with van der Waals surface area (Å²) in [7, 11) is 0. The molecule has 0 atom stereocenters. The van der Waals surface area contributed by atoms with Crippen LogP contribution in [0.3, 0.4) is 0 Å². The summed E-state index contributed by atoms with van der Waals surface area (Å²) in [6.45, 7) is 19.6. The minimum Gasteiger partial charge on any atom is -0.461 e. The lowest BCUT2D eigenvalue weighted by molar-refractivity contribution is -0.240. The number of esters is 2. The average Bonchev–Trinajstić information content (AvgIpc) is 3.39. The molecule has 4 heterocycles. The van der Waals surface area contributed by atoms with Crippen molar-refractivity contribution < 1.29 is 38.0 Å². The van der Waals surface area contributed by atoms with E-state index in [0.29, 0.717) is 52.1 Å². The molecule has 0 saturated carbocycles. The minimum absolute atomic E-state index is 0.0208. The molecular formula is C28H48N2O8. The van der Waals surface area contributed by atoms with E-state index in [1.807, 2.05) is 0 Å². The molecule has 10 heteroatoms. The maximum atomic E-state index is 12.8. The van der Waals surface area contributed by atoms with Gasteiger partial charge >= 0.3 is 11.9 Å². The molecule has 4 aliphatic rings. The summed E-state index contributed by atoms with van der Waals surface area (Å²) < 4.78 is 34.9. The van der Waals surface area contributed by atoms with E-state index in [4.69, 9.17) is 28.4 Å². The Bertz CT molecular complexity index is 775. The Hall–Kier alpha value is -1.30. The molecule has 4 fully saturated rings. The van der Waals surface area contributed by atoms with Gasteiger partial charge in [0.25, 0.3) is 0 Å². The van der Waals surface area contributed by atoms with Gasteiger partial charge in [-0.2, -0.15) is 0 Å². The van der Waals surface area contributed by atoms with Crippen molar-refractivity contribution in [2.45, 2.75) is 115 Å². The van der Waals surface area contributed by atoms with E-state index in [1.165, 1.54) is 0 Å². The summed E-state index contributed by atoms with van der Waals surface area (Å²) in [6, 6.07) is 0. The van der Waals surface area contributed by atoms with E-state index in [1.54, 1.807) is 0 Å². The molecule has 0 unspecified atom stereocenters. The lowest BCUT2D eigenvalue weighted by Crippen LogP contribution is -2.66. The summed E-state index contributed by atoms with van der Waals surface area (Å²) in [5, 5.41) is 0. The molecule has 10 nitrogen and oxygen atoms in total. The molecule has 38 heavy (non-hydrogen) atoms. The molecule has 0 N–H and O–H groups in total. The predicted octanol–water partition coefficient (Wildman–Crippen LogP) is 2.87. The Morgan fingerprint density at radius 3 is 1.08 bits per heavy atom. The van der Waals surface area contributed by atoms with Gasteiger partial charge in [0.15, 0.2) is 11.6 Å². The molecule has 2 spiro atoms. The van der Waals surface area contributed by atoms with Crippen LogP contribution in [0.4, 0.5) is 0 Å². The van der Waals surface area contributed by atoms with Crippen LogP contribution in [0, 0.1) is 0 Å². The van der Waals surface area contributed by atoms with Crippen molar-refractivity contribution in [2.75, 3.05) is 52.7 Å². The third-order valence-corrected chi connectivity index (χ3v) is 8.54. The molecule has 0 radical (unpaired) electrons. The highest BCUT2D eigenvalue weighted by atomic mass is 16.7. The molecular weight excluding hydrogens is 492 g/mol. The van der Waals surface area contributed by atoms with Crippen LogP contribution < -0.4 is 0 Å². The van der Waals surface area contributed by atoms with Gasteiger partial charge in [-0.1, -0.05) is 0 Å². The van der Waals surface area contributed by atoms with Crippen LogP contribution in [-0.4, -0.2) is 108 Å². The van der Waals surface area contributed by atoms with Crippen molar-refractivity contribution in [3.63, 3.8) is 0 Å². The van der Waals surface area contributed by atoms with E-state index in [0.717, 1.165) is 0 Å². The number of hydrogen-bond acceptors (Lipinski definition) is 10. The number of nitrogens with zero attached hydrogens (tertiary/aromatic N) is 2. The predicted molar refractivity (Wildman–Crippen MR) is 139 cm³/mol. The number of carbonyl (C=O) groups is 2. The number of rotatable bonds is 7. The Labute approximate surface area is 227 Å². The average molecular weight is 541 g/mol. The minimum atomic E-state index is -0.586. The number of hydrogen-bond donors (Lipinski definition) is 0. The Balaban J connectivity index is 1.23. The fraction of sp³-hybridized carbons (Fsp3) is 0.929. The Morgan fingerprint density at radius 1 is 0.553 bits per heavy atom. The van der Waals surface area contributed by atoms with Gasteiger partial charge in [-0.25, -0.2) is 0 Å². The van der Waals surface area contributed by atoms with Crippen molar-refractivity contribution in [3.05, 3.63) is 0 Å². The third kappa shape index (κ3) is 6.20. The van der Waals surface area contributed by atoms with Crippen molar-refractivity contribution in [1.29, 1.82) is 0 Å². The molecule has 4 rings (SSSR count). The molecule has 0 amide bonds. The van der Waals surface area contributed by atoms with E-state index in [2.05, 4.69) is 65.2 Å². The van der Waals surface area contributed by atoms with E-state index in [9.17, 15) is 9.59 Å². The molecule has 4 saturated heterocycles. The SMILES string of the molecule is CC1(C)CC2(CC(C)(C)N1CC(=O)OCCOC(=O)CN1C(C)(C)CC3(CC1(C)C)OCCO3)OCCO2. The zero-order valence-electron chi connectivity index (χ0n) is 24.6. The molecule has 0 aromatic heterocycles. The van der Waals surface area contributed by atoms with Crippen LogP contribution in [0.5, 0.6) is 0 Å². The standard InChI is InChI=1S/C28H48N2O8/c1-23(2)17-27(35-11-12-36-27)18-24(3,4)29(23)15-21(31)33-9-10-34-22(32)16-30-25(5,6)19-28(20-26(30,7)8)37-13-14-38-28/h9-20H2,1-8H3. The van der Waals surface area contributed by atoms with Crippen LogP contribution in [-0.2, 0) is 38.0 Å². The quantitative estimate of drug-likeness (QED) is 0.354. The van der Waals surface area contributed by atoms with Crippen LogP contribution in [0.1, 0.15) is 81.1 Å². The largest absolute Gasteiger partial charge is 0.461 e. The first kappa shape index (κ1) is 29.7. The summed E-state index contributed by atoms with van der Waals surface area (Å²) in [5.74, 6) is -1.86. The van der Waals surface area contributed by atoms with Gasteiger partial charge in [-0.05, 0) is 55.4 Å². The lowest BCUT2D eigenvalue weighted by Gasteiger charge is -2.57. The Kier molecular flexibility index (Phi) is 8.02. The smallest absolute Gasteiger partial charge is 0.320 e. The molecule has 0 bridgehead atoms. The highest BCUT2D eigenvalue weighted by Crippen LogP contribution is 2.48. The number of likely N-dealkylation sites (tertiary alicyclic amines) is 2. The summed E-state index contributed by atoms with van der Waals surface area (Å²) in [6.07, 6.45) is 2.71. The monoisotopic (exact) mass is 540 g/mol. The summed E-state index contributed by atoms with van der Waals surface area (Å²) in [5.41, 5.74) is -1.28. The Morgan fingerprint density at radius 2 is 0.816 bits per heavy atom. The maximum Gasteiger partial charge on any atom is 0.320 e. The van der Waals surface area contributed by atoms with Gasteiger partial charge in [0.1, 0.15) is 13.2 Å². The second-order valence-corrected chi connectivity index (χ2v) is 13.8. The van der Waals surface area contributed by atoms with E-state index in [-0.39, 0.29) is 60.4 Å². The molecule has 218 valence electrons. The topological polar surface area (TPSA) is 96.0 Å². The van der Waals surface area contributed by atoms with Crippen LogP contribution in [0.2, 0.25) is 0 Å². The second kappa shape index (κ2) is 10.3. The van der Waals surface area contributed by atoms with Gasteiger partial charge in [0, 0.05) is 47.8 Å². The normalized spacial score (nSPS) is 28.9. The second-order valence-electron chi connectivity index (χ2n) is 13.8. The van der Waals surface area contributed by atoms with Gasteiger partial charge in [-0.3, -0.25) is 19.4 Å².